The zero-order valence-electron chi connectivity index (χ0n) is 17.3. The monoisotopic (exact) mass is 374 g/mol. The Balaban J connectivity index is 1.86. The van der Waals surface area contributed by atoms with Gasteiger partial charge in [0.05, 0.1) is 0 Å². The number of piperidine rings is 1. The number of nitrogens with zero attached hydrogens (tertiary/aromatic N) is 1. The van der Waals surface area contributed by atoms with Gasteiger partial charge >= 0.3 is 0 Å². The summed E-state index contributed by atoms with van der Waals surface area (Å²) in [5.74, 6) is 1.61. The first kappa shape index (κ1) is 21.3. The lowest BCUT2D eigenvalue weighted by atomic mass is 10.0. The number of amides is 2. The molecule has 1 unspecified atom stereocenters. The summed E-state index contributed by atoms with van der Waals surface area (Å²) in [6, 6.07) is 8.06. The summed E-state index contributed by atoms with van der Waals surface area (Å²) in [5, 5.41) is 3.09. The molecule has 1 N–H and O–H groups in total. The highest BCUT2D eigenvalue weighted by Crippen LogP contribution is 2.27. The van der Waals surface area contributed by atoms with E-state index >= 15 is 0 Å². The van der Waals surface area contributed by atoms with Crippen molar-refractivity contribution in [3.05, 3.63) is 29.8 Å². The van der Waals surface area contributed by atoms with Crippen molar-refractivity contribution in [3.8, 4) is 5.75 Å². The minimum absolute atomic E-state index is 0.0144. The van der Waals surface area contributed by atoms with Crippen LogP contribution in [0.3, 0.4) is 0 Å². The van der Waals surface area contributed by atoms with Crippen molar-refractivity contribution in [1.29, 1.82) is 0 Å². The number of hydrogen-bond acceptors (Lipinski definition) is 3. The normalized spacial score (nSPS) is 16.5. The summed E-state index contributed by atoms with van der Waals surface area (Å²) < 4.78 is 6.00. The second-order valence-electron chi connectivity index (χ2n) is 8.22. The molecule has 2 amide bonds. The minimum atomic E-state index is -0.517. The van der Waals surface area contributed by atoms with Crippen LogP contribution in [0.25, 0.3) is 0 Å². The van der Waals surface area contributed by atoms with Crippen molar-refractivity contribution in [2.75, 3.05) is 13.1 Å². The van der Waals surface area contributed by atoms with Crippen LogP contribution in [-0.2, 0) is 9.59 Å². The fourth-order valence-electron chi connectivity index (χ4n) is 3.46. The average molecular weight is 375 g/mol. The molecule has 0 aromatic heterocycles. The van der Waals surface area contributed by atoms with Crippen molar-refractivity contribution in [3.63, 3.8) is 0 Å². The van der Waals surface area contributed by atoms with Crippen LogP contribution in [-0.4, -0.2) is 41.9 Å². The third kappa shape index (κ3) is 6.26. The lowest BCUT2D eigenvalue weighted by Crippen LogP contribution is -2.49. The van der Waals surface area contributed by atoms with Crippen LogP contribution in [0.5, 0.6) is 5.75 Å². The Morgan fingerprint density at radius 1 is 1.11 bits per heavy atom. The van der Waals surface area contributed by atoms with Gasteiger partial charge in [0, 0.05) is 25.6 Å². The summed E-state index contributed by atoms with van der Waals surface area (Å²) >= 11 is 0. The zero-order valence-corrected chi connectivity index (χ0v) is 17.3. The Bertz CT molecular complexity index is 634. The molecule has 150 valence electrons. The molecule has 0 spiro atoms. The van der Waals surface area contributed by atoms with Gasteiger partial charge in [-0.25, -0.2) is 0 Å². The second-order valence-corrected chi connectivity index (χ2v) is 8.22. The molecule has 0 aliphatic carbocycles. The van der Waals surface area contributed by atoms with Crippen molar-refractivity contribution in [2.45, 2.75) is 71.9 Å². The summed E-state index contributed by atoms with van der Waals surface area (Å²) in [6.07, 6.45) is 1.63. The number of ether oxygens (including phenoxy) is 1. The Morgan fingerprint density at radius 3 is 2.33 bits per heavy atom. The number of likely N-dealkylation sites (tertiary alicyclic amines) is 1. The van der Waals surface area contributed by atoms with Gasteiger partial charge in [-0.15, -0.1) is 0 Å². The van der Waals surface area contributed by atoms with Crippen LogP contribution in [0.15, 0.2) is 24.3 Å². The first-order chi connectivity index (χ1) is 12.8. The van der Waals surface area contributed by atoms with Crippen LogP contribution >= 0.6 is 0 Å². The van der Waals surface area contributed by atoms with Crippen molar-refractivity contribution >= 4 is 11.8 Å². The van der Waals surface area contributed by atoms with Gasteiger partial charge in [0.15, 0.2) is 6.10 Å². The predicted octanol–water partition coefficient (Wildman–Crippen LogP) is 3.73. The van der Waals surface area contributed by atoms with E-state index < -0.39 is 6.10 Å². The molecule has 1 aromatic rings. The standard InChI is InChI=1S/C22H34N2O3/c1-15(2)14-21(25)23-18-10-12-24(13-11-18)22(26)17(5)27-20-9-7-6-8-19(20)16(3)4/h6-9,15-18H,10-14H2,1-5H3,(H,23,25). The summed E-state index contributed by atoms with van der Waals surface area (Å²) in [7, 11) is 0. The number of rotatable bonds is 7. The quantitative estimate of drug-likeness (QED) is 0.791. The highest BCUT2D eigenvalue weighted by Gasteiger charge is 2.28. The number of carbonyl (C=O) groups excluding carboxylic acids is 2. The molecule has 0 radical (unpaired) electrons. The Labute approximate surface area is 163 Å². The van der Waals surface area contributed by atoms with Gasteiger partial charge in [-0.2, -0.15) is 0 Å². The minimum Gasteiger partial charge on any atom is -0.481 e. The van der Waals surface area contributed by atoms with E-state index in [1.165, 1.54) is 0 Å². The molecule has 5 heteroatoms. The van der Waals surface area contributed by atoms with Crippen LogP contribution in [0.1, 0.15) is 65.4 Å². The van der Waals surface area contributed by atoms with Crippen molar-refractivity contribution < 1.29 is 14.3 Å². The van der Waals surface area contributed by atoms with E-state index in [2.05, 4.69) is 19.2 Å². The molecule has 1 atom stereocenters. The fraction of sp³-hybridized carbons (Fsp3) is 0.636. The fourth-order valence-corrected chi connectivity index (χ4v) is 3.46. The van der Waals surface area contributed by atoms with Crippen molar-refractivity contribution in [1.82, 2.24) is 10.2 Å². The van der Waals surface area contributed by atoms with E-state index in [1.54, 1.807) is 0 Å². The maximum absolute atomic E-state index is 12.8. The van der Waals surface area contributed by atoms with Crippen LogP contribution in [0, 0.1) is 5.92 Å². The molecule has 1 aliphatic heterocycles. The number of carbonyl (C=O) groups is 2. The van der Waals surface area contributed by atoms with Gasteiger partial charge < -0.3 is 15.0 Å². The summed E-state index contributed by atoms with van der Waals surface area (Å²) in [4.78, 5) is 26.6. The van der Waals surface area contributed by atoms with Crippen LogP contribution < -0.4 is 10.1 Å². The number of hydrogen-bond donors (Lipinski definition) is 1. The first-order valence-electron chi connectivity index (χ1n) is 10.1. The third-order valence-electron chi connectivity index (χ3n) is 4.96. The van der Waals surface area contributed by atoms with Gasteiger partial charge in [0.2, 0.25) is 5.91 Å². The number of nitrogens with one attached hydrogen (secondary N) is 1. The Kier molecular flexibility index (Phi) is 7.69. The summed E-state index contributed by atoms with van der Waals surface area (Å²) in [6.45, 7) is 11.4. The lowest BCUT2D eigenvalue weighted by molar-refractivity contribution is -0.139. The molecule has 0 bridgehead atoms. The molecule has 27 heavy (non-hydrogen) atoms. The average Bonchev–Trinajstić information content (AvgIpc) is 2.61. The Hall–Kier alpha value is -2.04. The van der Waals surface area contributed by atoms with Crippen LogP contribution in [0.4, 0.5) is 0 Å². The molecular weight excluding hydrogens is 340 g/mol. The van der Waals surface area contributed by atoms with Gasteiger partial charge in [0.25, 0.3) is 5.91 Å². The van der Waals surface area contributed by atoms with Gasteiger partial charge in [0.1, 0.15) is 5.75 Å². The molecule has 1 heterocycles. The maximum Gasteiger partial charge on any atom is 0.263 e. The number of para-hydroxylation sites is 1. The maximum atomic E-state index is 12.8. The lowest BCUT2D eigenvalue weighted by Gasteiger charge is -2.34. The Morgan fingerprint density at radius 2 is 1.74 bits per heavy atom. The van der Waals surface area contributed by atoms with Gasteiger partial charge in [-0.05, 0) is 43.2 Å². The van der Waals surface area contributed by atoms with E-state index in [0.717, 1.165) is 24.2 Å². The largest absolute Gasteiger partial charge is 0.481 e. The second kappa shape index (κ2) is 9.77. The highest BCUT2D eigenvalue weighted by atomic mass is 16.5. The van der Waals surface area contributed by atoms with E-state index in [9.17, 15) is 9.59 Å². The zero-order chi connectivity index (χ0) is 20.0. The van der Waals surface area contributed by atoms with Gasteiger partial charge in [-0.3, -0.25) is 9.59 Å². The predicted molar refractivity (Wildman–Crippen MR) is 108 cm³/mol. The molecule has 1 aliphatic rings. The highest BCUT2D eigenvalue weighted by molar-refractivity contribution is 5.81. The summed E-state index contributed by atoms with van der Waals surface area (Å²) in [5.41, 5.74) is 1.11. The molecule has 1 aromatic carbocycles. The van der Waals surface area contributed by atoms with E-state index in [-0.39, 0.29) is 17.9 Å². The topological polar surface area (TPSA) is 58.6 Å². The molecule has 5 nitrogen and oxygen atoms in total. The van der Waals surface area contributed by atoms with E-state index in [1.807, 2.05) is 49.9 Å². The SMILES string of the molecule is CC(C)CC(=O)NC1CCN(C(=O)C(C)Oc2ccccc2C(C)C)CC1. The molecule has 1 saturated heterocycles. The number of benzene rings is 1. The molecule has 2 rings (SSSR count). The van der Waals surface area contributed by atoms with E-state index in [0.29, 0.717) is 31.3 Å². The van der Waals surface area contributed by atoms with E-state index in [4.69, 9.17) is 4.74 Å². The van der Waals surface area contributed by atoms with Crippen LogP contribution in [0.2, 0.25) is 0 Å². The molecular formula is C22H34N2O3. The van der Waals surface area contributed by atoms with Gasteiger partial charge in [-0.1, -0.05) is 45.9 Å². The molecule has 1 fully saturated rings. The molecule has 0 saturated carbocycles. The first-order valence-corrected chi connectivity index (χ1v) is 10.1. The van der Waals surface area contributed by atoms with Crippen molar-refractivity contribution in [2.24, 2.45) is 5.92 Å². The smallest absolute Gasteiger partial charge is 0.263 e. The third-order valence-corrected chi connectivity index (χ3v) is 4.96.